The summed E-state index contributed by atoms with van der Waals surface area (Å²) in [5.41, 5.74) is 0.757. The van der Waals surface area contributed by atoms with Crippen LogP contribution >= 0.6 is 15.9 Å². The highest BCUT2D eigenvalue weighted by atomic mass is 79.9. The number of hydrogen-bond donors (Lipinski definition) is 3. The van der Waals surface area contributed by atoms with Crippen molar-refractivity contribution in [3.63, 3.8) is 0 Å². The van der Waals surface area contributed by atoms with Crippen LogP contribution in [0.25, 0.3) is 0 Å². The van der Waals surface area contributed by atoms with E-state index in [1.165, 1.54) is 0 Å². The maximum atomic E-state index is 11.9. The summed E-state index contributed by atoms with van der Waals surface area (Å²) in [5.74, 6) is 0.0525. The Morgan fingerprint density at radius 2 is 1.86 bits per heavy atom. The Kier molecular flexibility index (Phi) is 6.20. The lowest BCUT2D eigenvalue weighted by atomic mass is 9.97. The molecule has 0 unspecified atom stereocenters. The fraction of sp³-hybridized carbons (Fsp3) is 0.467. The van der Waals surface area contributed by atoms with Gasteiger partial charge in [-0.25, -0.2) is 0 Å². The van der Waals surface area contributed by atoms with Crippen molar-refractivity contribution in [3.05, 3.63) is 28.7 Å². The summed E-state index contributed by atoms with van der Waals surface area (Å²) in [5, 5.41) is 8.87. The monoisotopic (exact) mass is 353 g/mol. The van der Waals surface area contributed by atoms with E-state index in [2.05, 4.69) is 31.9 Å². The van der Waals surface area contributed by atoms with Crippen molar-refractivity contribution in [3.8, 4) is 0 Å². The van der Waals surface area contributed by atoms with Gasteiger partial charge in [-0.05, 0) is 50.2 Å². The number of hydrogen-bond acceptors (Lipinski definition) is 3. The molecule has 1 saturated heterocycles. The molecule has 2 amide bonds. The number of halogens is 1. The van der Waals surface area contributed by atoms with Gasteiger partial charge in [0.05, 0.1) is 0 Å². The van der Waals surface area contributed by atoms with Crippen molar-refractivity contribution < 1.29 is 9.59 Å². The lowest BCUT2D eigenvalue weighted by Gasteiger charge is -2.21. The number of nitrogens with one attached hydrogen (secondary N) is 3. The number of piperidine rings is 1. The topological polar surface area (TPSA) is 70.2 Å². The second-order valence-corrected chi connectivity index (χ2v) is 6.04. The molecule has 0 bridgehead atoms. The Bertz CT molecular complexity index is 484. The first-order valence-corrected chi connectivity index (χ1v) is 7.98. The molecule has 1 aliphatic rings. The van der Waals surface area contributed by atoms with Gasteiger partial charge in [-0.3, -0.25) is 9.59 Å². The van der Waals surface area contributed by atoms with E-state index in [-0.39, 0.29) is 24.2 Å². The molecule has 3 N–H and O–H groups in total. The molecule has 0 aliphatic carbocycles. The van der Waals surface area contributed by atoms with Crippen LogP contribution < -0.4 is 16.0 Å². The van der Waals surface area contributed by atoms with Crippen LogP contribution in [0.5, 0.6) is 0 Å². The average molecular weight is 354 g/mol. The third-order valence-corrected chi connectivity index (χ3v) is 4.02. The zero-order chi connectivity index (χ0) is 15.1. The summed E-state index contributed by atoms with van der Waals surface area (Å²) in [4.78, 5) is 23.7. The molecular formula is C15H20BrN3O2. The predicted octanol–water partition coefficient (Wildman–Crippen LogP) is 1.89. The summed E-state index contributed by atoms with van der Waals surface area (Å²) in [6.45, 7) is 2.16. The molecule has 0 radical (unpaired) electrons. The van der Waals surface area contributed by atoms with Crippen LogP contribution in [0.1, 0.15) is 19.3 Å². The van der Waals surface area contributed by atoms with E-state index >= 15 is 0 Å². The largest absolute Gasteiger partial charge is 0.355 e. The number of amides is 2. The Hall–Kier alpha value is -1.40. The maximum absolute atomic E-state index is 11.9. The number of rotatable bonds is 5. The summed E-state index contributed by atoms with van der Waals surface area (Å²) >= 11 is 3.34. The van der Waals surface area contributed by atoms with E-state index < -0.39 is 0 Å². The fourth-order valence-electron chi connectivity index (χ4n) is 2.28. The van der Waals surface area contributed by atoms with E-state index in [0.29, 0.717) is 6.54 Å². The number of carbonyl (C=O) groups is 2. The Balaban J connectivity index is 1.66. The third kappa shape index (κ3) is 5.47. The minimum atomic E-state index is -0.0945. The van der Waals surface area contributed by atoms with Crippen molar-refractivity contribution in [1.29, 1.82) is 0 Å². The van der Waals surface area contributed by atoms with Gasteiger partial charge in [0.1, 0.15) is 0 Å². The molecule has 1 aromatic rings. The first kappa shape index (κ1) is 16.0. The summed E-state index contributed by atoms with van der Waals surface area (Å²) in [6.07, 6.45) is 2.03. The van der Waals surface area contributed by atoms with Crippen LogP contribution in [-0.2, 0) is 9.59 Å². The van der Waals surface area contributed by atoms with Crippen LogP contribution in [-0.4, -0.2) is 31.4 Å². The molecule has 0 aromatic heterocycles. The molecule has 1 heterocycles. The second kappa shape index (κ2) is 8.14. The molecule has 1 aliphatic heterocycles. The molecule has 0 saturated carbocycles. The van der Waals surface area contributed by atoms with E-state index in [9.17, 15) is 9.59 Å². The molecule has 21 heavy (non-hydrogen) atoms. The minimum absolute atomic E-state index is 0.0629. The van der Waals surface area contributed by atoms with Gasteiger partial charge in [0.25, 0.3) is 0 Å². The molecule has 5 nitrogen and oxygen atoms in total. The van der Waals surface area contributed by atoms with E-state index in [1.807, 2.05) is 24.3 Å². The van der Waals surface area contributed by atoms with Gasteiger partial charge in [0, 0.05) is 29.0 Å². The van der Waals surface area contributed by atoms with Gasteiger partial charge in [-0.15, -0.1) is 0 Å². The zero-order valence-corrected chi connectivity index (χ0v) is 13.4. The first-order valence-electron chi connectivity index (χ1n) is 7.19. The Morgan fingerprint density at radius 1 is 1.19 bits per heavy atom. The molecular weight excluding hydrogens is 334 g/mol. The highest BCUT2D eigenvalue weighted by Gasteiger charge is 2.20. The second-order valence-electron chi connectivity index (χ2n) is 5.12. The molecule has 1 fully saturated rings. The number of anilines is 1. The quantitative estimate of drug-likeness (QED) is 0.756. The first-order chi connectivity index (χ1) is 10.1. The smallest absolute Gasteiger partial charge is 0.226 e. The van der Waals surface area contributed by atoms with Crippen LogP contribution in [0.2, 0.25) is 0 Å². The lowest BCUT2D eigenvalue weighted by molar-refractivity contribution is -0.125. The molecule has 1 aromatic carbocycles. The Labute approximate surface area is 133 Å². The van der Waals surface area contributed by atoms with Crippen LogP contribution in [0.15, 0.2) is 28.7 Å². The summed E-state index contributed by atoms with van der Waals surface area (Å²) in [6, 6.07) is 7.40. The molecule has 0 spiro atoms. The fourth-order valence-corrected chi connectivity index (χ4v) is 2.55. The number of carbonyl (C=O) groups excluding carboxylic acids is 2. The summed E-state index contributed by atoms with van der Waals surface area (Å²) < 4.78 is 0.967. The number of benzene rings is 1. The van der Waals surface area contributed by atoms with Crippen molar-refractivity contribution >= 4 is 33.4 Å². The molecule has 2 rings (SSSR count). The van der Waals surface area contributed by atoms with Gasteiger partial charge >= 0.3 is 0 Å². The predicted molar refractivity (Wildman–Crippen MR) is 86.0 cm³/mol. The van der Waals surface area contributed by atoms with E-state index in [0.717, 1.165) is 36.1 Å². The van der Waals surface area contributed by atoms with Gasteiger partial charge in [-0.2, -0.15) is 0 Å². The van der Waals surface area contributed by atoms with Gasteiger partial charge in [-0.1, -0.05) is 15.9 Å². The summed E-state index contributed by atoms with van der Waals surface area (Å²) in [7, 11) is 0. The Morgan fingerprint density at radius 3 is 2.52 bits per heavy atom. The van der Waals surface area contributed by atoms with Gasteiger partial charge in [0.2, 0.25) is 11.8 Å². The normalized spacial score (nSPS) is 15.5. The van der Waals surface area contributed by atoms with Crippen molar-refractivity contribution in [2.75, 3.05) is 25.0 Å². The van der Waals surface area contributed by atoms with Crippen LogP contribution in [0.4, 0.5) is 5.69 Å². The van der Waals surface area contributed by atoms with E-state index in [4.69, 9.17) is 0 Å². The average Bonchev–Trinajstić information content (AvgIpc) is 2.50. The highest BCUT2D eigenvalue weighted by Crippen LogP contribution is 2.14. The maximum Gasteiger partial charge on any atom is 0.226 e. The van der Waals surface area contributed by atoms with Crippen LogP contribution in [0.3, 0.4) is 0 Å². The van der Waals surface area contributed by atoms with Gasteiger partial charge in [0.15, 0.2) is 0 Å². The third-order valence-electron chi connectivity index (χ3n) is 3.49. The van der Waals surface area contributed by atoms with Crippen molar-refractivity contribution in [2.24, 2.45) is 5.92 Å². The minimum Gasteiger partial charge on any atom is -0.355 e. The van der Waals surface area contributed by atoms with Crippen LogP contribution in [0, 0.1) is 5.92 Å². The molecule has 114 valence electrons. The standard InChI is InChI=1S/C15H20BrN3O2/c16-12-1-3-13(4-2-12)19-14(20)7-10-18-15(21)11-5-8-17-9-6-11/h1-4,11,17H,5-10H2,(H,18,21)(H,19,20). The zero-order valence-electron chi connectivity index (χ0n) is 11.8. The SMILES string of the molecule is O=C(CCNC(=O)C1CCNCC1)Nc1ccc(Br)cc1. The highest BCUT2D eigenvalue weighted by molar-refractivity contribution is 9.10. The van der Waals surface area contributed by atoms with Crippen molar-refractivity contribution in [1.82, 2.24) is 10.6 Å². The van der Waals surface area contributed by atoms with Gasteiger partial charge < -0.3 is 16.0 Å². The van der Waals surface area contributed by atoms with E-state index in [1.54, 1.807) is 0 Å². The molecule has 6 heteroatoms. The van der Waals surface area contributed by atoms with Crippen molar-refractivity contribution in [2.45, 2.75) is 19.3 Å². The lowest BCUT2D eigenvalue weighted by Crippen LogP contribution is -2.39. The molecule has 0 atom stereocenters.